The van der Waals surface area contributed by atoms with Crippen molar-refractivity contribution >= 4 is 23.6 Å². The van der Waals surface area contributed by atoms with Gasteiger partial charge in [-0.1, -0.05) is 41.9 Å². The van der Waals surface area contributed by atoms with Gasteiger partial charge < -0.3 is 15.2 Å². The van der Waals surface area contributed by atoms with Crippen molar-refractivity contribution in [2.45, 2.75) is 31.3 Å². The van der Waals surface area contributed by atoms with Gasteiger partial charge in [0, 0.05) is 26.0 Å². The highest BCUT2D eigenvalue weighted by Gasteiger charge is 2.46. The molecule has 0 bridgehead atoms. The molecule has 3 rings (SSSR count). The average Bonchev–Trinajstić information content (AvgIpc) is 2.74. The van der Waals surface area contributed by atoms with Crippen LogP contribution in [0.25, 0.3) is 0 Å². The van der Waals surface area contributed by atoms with Crippen LogP contribution in [0.3, 0.4) is 0 Å². The molecule has 1 aromatic heterocycles. The fourth-order valence-electron chi connectivity index (χ4n) is 3.99. The fraction of sp³-hybridized carbons (Fsp3) is 0.429. The Morgan fingerprint density at radius 3 is 2.70 bits per heavy atom. The number of aromatic nitrogens is 2. The normalized spacial score (nSPS) is 21.3. The number of carboxylic acid groups (broad SMARTS) is 1. The monoisotopic (exact) mass is 432 g/mol. The van der Waals surface area contributed by atoms with Crippen LogP contribution in [0.15, 0.2) is 42.7 Å². The summed E-state index contributed by atoms with van der Waals surface area (Å²) in [6.45, 7) is 0.506. The standard InChI is InChI=1S/C21H25ClN4O4/c1-30-14-21(11-15-5-3-2-4-6-15)8-7-16(13-26(21)20(28)29)19(27)25-12-17-18(22)24-10-9-23-17/h2-6,9-10,16H,7-8,11-14H2,1H3,(H,25,27)(H,28,29)/t16-,21+/m0/s1. The van der Waals surface area contributed by atoms with Gasteiger partial charge in [0.15, 0.2) is 5.15 Å². The summed E-state index contributed by atoms with van der Waals surface area (Å²) in [6, 6.07) is 9.73. The summed E-state index contributed by atoms with van der Waals surface area (Å²) in [5.41, 5.74) is 0.782. The van der Waals surface area contributed by atoms with Crippen molar-refractivity contribution in [3.05, 3.63) is 59.1 Å². The molecule has 1 aliphatic rings. The summed E-state index contributed by atoms with van der Waals surface area (Å²) >= 11 is 5.98. The van der Waals surface area contributed by atoms with E-state index in [-0.39, 0.29) is 30.8 Å². The van der Waals surface area contributed by atoms with Crippen LogP contribution < -0.4 is 5.32 Å². The molecule has 0 radical (unpaired) electrons. The average molecular weight is 433 g/mol. The molecule has 2 heterocycles. The molecule has 30 heavy (non-hydrogen) atoms. The fourth-order valence-corrected chi connectivity index (χ4v) is 4.16. The topological polar surface area (TPSA) is 105 Å². The maximum Gasteiger partial charge on any atom is 0.407 e. The Balaban J connectivity index is 1.72. The van der Waals surface area contributed by atoms with E-state index in [2.05, 4.69) is 15.3 Å². The minimum Gasteiger partial charge on any atom is -0.465 e. The van der Waals surface area contributed by atoms with Crippen molar-refractivity contribution in [2.24, 2.45) is 5.92 Å². The number of hydrogen-bond acceptors (Lipinski definition) is 5. The third-order valence-electron chi connectivity index (χ3n) is 5.48. The molecule has 2 N–H and O–H groups in total. The maximum absolute atomic E-state index is 12.7. The molecule has 0 spiro atoms. The maximum atomic E-state index is 12.7. The van der Waals surface area contributed by atoms with E-state index in [1.54, 1.807) is 7.11 Å². The molecule has 1 fully saturated rings. The molecule has 8 nitrogen and oxygen atoms in total. The van der Waals surface area contributed by atoms with Crippen molar-refractivity contribution < 1.29 is 19.4 Å². The predicted octanol–water partition coefficient (Wildman–Crippen LogP) is 2.76. The number of nitrogens with zero attached hydrogens (tertiary/aromatic N) is 3. The zero-order valence-electron chi connectivity index (χ0n) is 16.8. The van der Waals surface area contributed by atoms with Crippen LogP contribution in [0, 0.1) is 5.92 Å². The van der Waals surface area contributed by atoms with Gasteiger partial charge >= 0.3 is 6.09 Å². The lowest BCUT2D eigenvalue weighted by Crippen LogP contribution is -2.61. The summed E-state index contributed by atoms with van der Waals surface area (Å²) in [6.07, 6.45) is 3.52. The lowest BCUT2D eigenvalue weighted by Gasteiger charge is -2.47. The minimum atomic E-state index is -1.06. The summed E-state index contributed by atoms with van der Waals surface area (Å²) in [5.74, 6) is -0.689. The molecule has 2 amide bonds. The van der Waals surface area contributed by atoms with Gasteiger partial charge in [-0.2, -0.15) is 0 Å². The lowest BCUT2D eigenvalue weighted by atomic mass is 9.78. The summed E-state index contributed by atoms with van der Waals surface area (Å²) < 4.78 is 5.42. The second kappa shape index (κ2) is 9.86. The zero-order chi connectivity index (χ0) is 21.6. The Bertz CT molecular complexity index is 882. The minimum absolute atomic E-state index is 0.103. The highest BCUT2D eigenvalue weighted by molar-refractivity contribution is 6.29. The number of benzene rings is 1. The van der Waals surface area contributed by atoms with E-state index in [0.717, 1.165) is 5.56 Å². The number of carbonyl (C=O) groups excluding carboxylic acids is 1. The predicted molar refractivity (Wildman–Crippen MR) is 111 cm³/mol. The van der Waals surface area contributed by atoms with Gasteiger partial charge in [0.2, 0.25) is 5.91 Å². The number of methoxy groups -OCH3 is 1. The molecule has 2 atom stereocenters. The van der Waals surface area contributed by atoms with Crippen LogP contribution in [0.5, 0.6) is 0 Å². The number of amides is 2. The van der Waals surface area contributed by atoms with Crippen LogP contribution in [0.4, 0.5) is 4.79 Å². The van der Waals surface area contributed by atoms with Gasteiger partial charge in [0.1, 0.15) is 0 Å². The van der Waals surface area contributed by atoms with Gasteiger partial charge in [-0.25, -0.2) is 9.78 Å². The van der Waals surface area contributed by atoms with Crippen molar-refractivity contribution in [3.8, 4) is 0 Å². The molecule has 1 aromatic carbocycles. The molecule has 1 saturated heterocycles. The molecule has 9 heteroatoms. The van der Waals surface area contributed by atoms with Crippen molar-refractivity contribution in [1.82, 2.24) is 20.2 Å². The van der Waals surface area contributed by atoms with E-state index in [1.165, 1.54) is 17.3 Å². The lowest BCUT2D eigenvalue weighted by molar-refractivity contribution is -0.129. The van der Waals surface area contributed by atoms with Crippen LogP contribution >= 0.6 is 11.6 Å². The van der Waals surface area contributed by atoms with E-state index in [0.29, 0.717) is 25.0 Å². The summed E-state index contributed by atoms with van der Waals surface area (Å²) in [5, 5.41) is 13.0. The Kier molecular flexibility index (Phi) is 7.23. The third-order valence-corrected chi connectivity index (χ3v) is 5.79. The van der Waals surface area contributed by atoms with Crippen molar-refractivity contribution in [1.29, 1.82) is 0 Å². The van der Waals surface area contributed by atoms with Gasteiger partial charge in [-0.3, -0.25) is 14.7 Å². The number of carbonyl (C=O) groups is 2. The number of ether oxygens (including phenoxy) is 1. The molecule has 2 aromatic rings. The van der Waals surface area contributed by atoms with Gasteiger partial charge in [0.25, 0.3) is 0 Å². The van der Waals surface area contributed by atoms with Gasteiger partial charge in [0.05, 0.1) is 30.3 Å². The first-order valence-corrected chi connectivity index (χ1v) is 10.1. The molecule has 1 aliphatic heterocycles. The Morgan fingerprint density at radius 1 is 1.30 bits per heavy atom. The number of halogens is 1. The zero-order valence-corrected chi connectivity index (χ0v) is 17.5. The molecule has 0 saturated carbocycles. The van der Waals surface area contributed by atoms with Gasteiger partial charge in [-0.05, 0) is 24.8 Å². The highest BCUT2D eigenvalue weighted by atomic mass is 35.5. The first-order valence-electron chi connectivity index (χ1n) is 9.72. The van der Waals surface area contributed by atoms with Crippen LogP contribution in [-0.2, 0) is 22.5 Å². The number of nitrogens with one attached hydrogen (secondary N) is 1. The quantitative estimate of drug-likeness (QED) is 0.697. The van der Waals surface area contributed by atoms with E-state index in [1.807, 2.05) is 30.3 Å². The van der Waals surface area contributed by atoms with E-state index >= 15 is 0 Å². The molecule has 0 unspecified atom stereocenters. The van der Waals surface area contributed by atoms with Gasteiger partial charge in [-0.15, -0.1) is 0 Å². The van der Waals surface area contributed by atoms with Crippen LogP contribution in [0.2, 0.25) is 5.15 Å². The molecular formula is C21H25ClN4O4. The number of hydrogen-bond donors (Lipinski definition) is 2. The molecule has 160 valence electrons. The van der Waals surface area contributed by atoms with E-state index < -0.39 is 17.6 Å². The van der Waals surface area contributed by atoms with Crippen molar-refractivity contribution in [2.75, 3.05) is 20.3 Å². The largest absolute Gasteiger partial charge is 0.465 e. The number of likely N-dealkylation sites (tertiary alicyclic amines) is 1. The van der Waals surface area contributed by atoms with E-state index in [9.17, 15) is 14.7 Å². The van der Waals surface area contributed by atoms with Crippen LogP contribution in [0.1, 0.15) is 24.1 Å². The number of piperidine rings is 1. The first kappa shape index (κ1) is 22.0. The smallest absolute Gasteiger partial charge is 0.407 e. The summed E-state index contributed by atoms with van der Waals surface area (Å²) in [7, 11) is 1.57. The number of rotatable bonds is 7. The van der Waals surface area contributed by atoms with Crippen LogP contribution in [-0.4, -0.2) is 57.8 Å². The van der Waals surface area contributed by atoms with Crippen molar-refractivity contribution in [3.63, 3.8) is 0 Å². The second-order valence-electron chi connectivity index (χ2n) is 7.46. The SMILES string of the molecule is COC[C@]1(Cc2ccccc2)CC[C@H](C(=O)NCc2nccnc2Cl)CN1C(=O)O. The Morgan fingerprint density at radius 2 is 2.03 bits per heavy atom. The third kappa shape index (κ3) is 5.06. The Labute approximate surface area is 180 Å². The second-order valence-corrected chi connectivity index (χ2v) is 7.82. The molecular weight excluding hydrogens is 408 g/mol. The first-order chi connectivity index (χ1) is 14.4. The molecule has 0 aliphatic carbocycles. The summed E-state index contributed by atoms with van der Waals surface area (Å²) in [4.78, 5) is 34.3. The highest BCUT2D eigenvalue weighted by Crippen LogP contribution is 2.35. The van der Waals surface area contributed by atoms with E-state index in [4.69, 9.17) is 16.3 Å². The Hall–Kier alpha value is -2.71.